The SMILES string of the molecule is N=C(/C(Cc1ccc(S(N)(=O)=O)cc1)=C(/CC1CC1)Nc1nc(C(=O)O)cs1)c1ccc(F)c(Oc2ccccc2)c1. The number of thiazole rings is 1. The average molecular weight is 607 g/mol. The van der Waals surface area contributed by atoms with Crippen LogP contribution in [0.4, 0.5) is 9.52 Å². The predicted octanol–water partition coefficient (Wildman–Crippen LogP) is 6.20. The van der Waals surface area contributed by atoms with Crippen molar-refractivity contribution in [3.63, 3.8) is 0 Å². The zero-order valence-corrected chi connectivity index (χ0v) is 23.8. The van der Waals surface area contributed by atoms with Crippen molar-refractivity contribution >= 4 is 38.2 Å². The fraction of sp³-hybridized carbons (Fsp3) is 0.167. The third-order valence-electron chi connectivity index (χ3n) is 6.66. The Hall–Kier alpha value is -4.39. The lowest BCUT2D eigenvalue weighted by atomic mass is 9.92. The Labute approximate surface area is 246 Å². The smallest absolute Gasteiger partial charge is 0.355 e. The summed E-state index contributed by atoms with van der Waals surface area (Å²) in [6.45, 7) is 0. The van der Waals surface area contributed by atoms with Crippen molar-refractivity contribution in [1.82, 2.24) is 4.98 Å². The molecule has 5 N–H and O–H groups in total. The van der Waals surface area contributed by atoms with Crippen molar-refractivity contribution in [2.75, 3.05) is 5.32 Å². The molecule has 1 aliphatic carbocycles. The largest absolute Gasteiger partial charge is 0.476 e. The number of primary sulfonamides is 1. The summed E-state index contributed by atoms with van der Waals surface area (Å²) < 4.78 is 44.1. The highest BCUT2D eigenvalue weighted by molar-refractivity contribution is 7.89. The molecule has 0 unspecified atom stereocenters. The molecule has 0 saturated heterocycles. The molecule has 0 radical (unpaired) electrons. The highest BCUT2D eigenvalue weighted by Gasteiger charge is 2.27. The number of rotatable bonds is 12. The zero-order chi connectivity index (χ0) is 29.9. The Kier molecular flexibility index (Phi) is 8.48. The molecule has 12 heteroatoms. The van der Waals surface area contributed by atoms with E-state index in [1.54, 1.807) is 36.4 Å². The van der Waals surface area contributed by atoms with Crippen molar-refractivity contribution < 1.29 is 27.4 Å². The number of nitrogens with two attached hydrogens (primary N) is 1. The first kappa shape index (κ1) is 29.1. The minimum atomic E-state index is -3.88. The van der Waals surface area contributed by atoms with Gasteiger partial charge in [0.2, 0.25) is 10.0 Å². The van der Waals surface area contributed by atoms with E-state index in [-0.39, 0.29) is 28.5 Å². The van der Waals surface area contributed by atoms with Gasteiger partial charge in [-0.2, -0.15) is 0 Å². The number of carboxylic acids is 1. The van der Waals surface area contributed by atoms with Gasteiger partial charge in [0.25, 0.3) is 0 Å². The molecule has 1 aliphatic rings. The van der Waals surface area contributed by atoms with E-state index in [4.69, 9.17) is 9.88 Å². The van der Waals surface area contributed by atoms with Gasteiger partial charge in [-0.3, -0.25) is 5.41 Å². The minimum absolute atomic E-state index is 0.0339. The second kappa shape index (κ2) is 12.2. The minimum Gasteiger partial charge on any atom is -0.476 e. The highest BCUT2D eigenvalue weighted by atomic mass is 32.2. The molecule has 5 rings (SSSR count). The summed E-state index contributed by atoms with van der Waals surface area (Å²) in [5, 5.41) is 28.9. The van der Waals surface area contributed by atoms with Gasteiger partial charge in [0.1, 0.15) is 5.75 Å². The Balaban J connectivity index is 1.56. The summed E-state index contributed by atoms with van der Waals surface area (Å²) in [6.07, 6.45) is 2.84. The maximum atomic E-state index is 14.8. The quantitative estimate of drug-likeness (QED) is 0.140. The highest BCUT2D eigenvalue weighted by Crippen LogP contribution is 2.38. The van der Waals surface area contributed by atoms with Gasteiger partial charge < -0.3 is 15.2 Å². The number of anilines is 1. The first-order valence-corrected chi connectivity index (χ1v) is 15.4. The number of carboxylic acid groups (broad SMARTS) is 1. The number of carbonyl (C=O) groups is 1. The molecule has 0 aliphatic heterocycles. The molecule has 9 nitrogen and oxygen atoms in total. The van der Waals surface area contributed by atoms with Crippen molar-refractivity contribution in [1.29, 1.82) is 5.41 Å². The van der Waals surface area contributed by atoms with Gasteiger partial charge in [0, 0.05) is 28.6 Å². The second-order valence-electron chi connectivity index (χ2n) is 9.87. The standard InChI is InChI=1S/C30H27FN4O5S2/c31-24-13-10-20(16-27(24)40-21-4-2-1-3-5-21)28(32)23(14-18-8-11-22(12-9-18)42(33,38)39)25(15-19-6-7-19)34-30-35-26(17-41-30)29(36)37/h1-5,8-13,16-17,19,32H,6-7,14-15H2,(H,34,35)(H,36,37)(H2,33,38,39)/b25-23-,32-28?. The van der Waals surface area contributed by atoms with Gasteiger partial charge in [-0.1, -0.05) is 30.3 Å². The number of halogens is 1. The molecule has 1 heterocycles. The van der Waals surface area contributed by atoms with Gasteiger partial charge in [-0.05, 0) is 73.2 Å². The number of ether oxygens (including phenoxy) is 1. The van der Waals surface area contributed by atoms with E-state index in [0.29, 0.717) is 45.6 Å². The van der Waals surface area contributed by atoms with Crippen LogP contribution in [0.5, 0.6) is 11.5 Å². The lowest BCUT2D eigenvalue weighted by molar-refractivity contribution is 0.0691. The number of aromatic carboxylic acids is 1. The van der Waals surface area contributed by atoms with Crippen LogP contribution < -0.4 is 15.2 Å². The van der Waals surface area contributed by atoms with Crippen LogP contribution in [0.3, 0.4) is 0 Å². The van der Waals surface area contributed by atoms with Gasteiger partial charge in [0.15, 0.2) is 22.4 Å². The van der Waals surface area contributed by atoms with E-state index >= 15 is 0 Å². The van der Waals surface area contributed by atoms with Gasteiger partial charge >= 0.3 is 5.97 Å². The van der Waals surface area contributed by atoms with Crippen LogP contribution >= 0.6 is 11.3 Å². The first-order chi connectivity index (χ1) is 20.1. The molecule has 1 saturated carbocycles. The number of para-hydroxylation sites is 1. The third-order valence-corrected chi connectivity index (χ3v) is 8.35. The molecule has 42 heavy (non-hydrogen) atoms. The van der Waals surface area contributed by atoms with E-state index in [1.807, 2.05) is 6.07 Å². The van der Waals surface area contributed by atoms with Crippen LogP contribution in [-0.4, -0.2) is 30.2 Å². The second-order valence-corrected chi connectivity index (χ2v) is 12.3. The molecule has 3 aromatic carbocycles. The predicted molar refractivity (Wildman–Crippen MR) is 158 cm³/mol. The molecule has 0 atom stereocenters. The fourth-order valence-electron chi connectivity index (χ4n) is 4.29. The normalized spacial score (nSPS) is 13.8. The number of hydrogen-bond acceptors (Lipinski definition) is 8. The number of benzene rings is 3. The van der Waals surface area contributed by atoms with Crippen LogP contribution in [0.2, 0.25) is 0 Å². The lowest BCUT2D eigenvalue weighted by Gasteiger charge is -2.19. The molecule has 4 aromatic rings. The average Bonchev–Trinajstić information content (AvgIpc) is 3.66. The van der Waals surface area contributed by atoms with E-state index in [9.17, 15) is 28.1 Å². The number of nitrogens with one attached hydrogen (secondary N) is 2. The number of sulfonamides is 1. The maximum Gasteiger partial charge on any atom is 0.355 e. The van der Waals surface area contributed by atoms with Crippen molar-refractivity contribution in [2.45, 2.75) is 30.6 Å². The molecule has 1 fully saturated rings. The van der Waals surface area contributed by atoms with Crippen molar-refractivity contribution in [2.24, 2.45) is 11.1 Å². The number of aromatic nitrogens is 1. The summed E-state index contributed by atoms with van der Waals surface area (Å²) in [7, 11) is -3.88. The van der Waals surface area contributed by atoms with Gasteiger partial charge in [0.05, 0.1) is 10.6 Å². The fourth-order valence-corrected chi connectivity index (χ4v) is 5.52. The van der Waals surface area contributed by atoms with Crippen molar-refractivity contribution in [3.05, 3.63) is 112 Å². The van der Waals surface area contributed by atoms with Crippen LogP contribution in [-0.2, 0) is 16.4 Å². The Morgan fingerprint density at radius 3 is 2.45 bits per heavy atom. The van der Waals surface area contributed by atoms with Gasteiger partial charge in [-0.15, -0.1) is 11.3 Å². The van der Waals surface area contributed by atoms with E-state index in [1.165, 1.54) is 35.7 Å². The third kappa shape index (κ3) is 7.27. The molecular formula is C30H27FN4O5S2. The number of hydrogen-bond donors (Lipinski definition) is 4. The van der Waals surface area contributed by atoms with Crippen LogP contribution in [0.15, 0.2) is 94.3 Å². The summed E-state index contributed by atoms with van der Waals surface area (Å²) in [4.78, 5) is 15.5. The summed E-state index contributed by atoms with van der Waals surface area (Å²) in [5.74, 6) is -0.945. The molecule has 0 amide bonds. The van der Waals surface area contributed by atoms with E-state index in [2.05, 4.69) is 10.3 Å². The van der Waals surface area contributed by atoms with Crippen LogP contribution in [0.25, 0.3) is 0 Å². The summed E-state index contributed by atoms with van der Waals surface area (Å²) >= 11 is 1.14. The van der Waals surface area contributed by atoms with E-state index in [0.717, 1.165) is 24.2 Å². The molecule has 0 spiro atoms. The number of nitrogens with zero attached hydrogens (tertiary/aromatic N) is 1. The first-order valence-electron chi connectivity index (χ1n) is 13.0. The Morgan fingerprint density at radius 1 is 1.12 bits per heavy atom. The topological polar surface area (TPSA) is 155 Å². The van der Waals surface area contributed by atoms with Crippen molar-refractivity contribution in [3.8, 4) is 11.5 Å². The monoisotopic (exact) mass is 606 g/mol. The zero-order valence-electron chi connectivity index (χ0n) is 22.2. The van der Waals surface area contributed by atoms with Crippen LogP contribution in [0, 0.1) is 17.1 Å². The summed E-state index contributed by atoms with van der Waals surface area (Å²) in [6, 6.07) is 19.0. The Morgan fingerprint density at radius 2 is 1.83 bits per heavy atom. The molecule has 216 valence electrons. The van der Waals surface area contributed by atoms with Crippen LogP contribution in [0.1, 0.15) is 40.9 Å². The molecule has 1 aromatic heterocycles. The summed E-state index contributed by atoms with van der Waals surface area (Å²) in [5.41, 5.74) is 2.37. The Bertz CT molecular complexity index is 1770. The lowest BCUT2D eigenvalue weighted by Crippen LogP contribution is -2.16. The molecule has 0 bridgehead atoms. The van der Waals surface area contributed by atoms with Gasteiger partial charge in [-0.25, -0.2) is 27.7 Å². The van der Waals surface area contributed by atoms with E-state index < -0.39 is 21.8 Å². The molecular weight excluding hydrogens is 579 g/mol. The number of allylic oxidation sites excluding steroid dienone is 2. The maximum absolute atomic E-state index is 14.8.